The molecule has 0 aromatic carbocycles. The van der Waals surface area contributed by atoms with Crippen LogP contribution < -0.4 is 0 Å². The standard InChI is InChI=1S/C22H26Cl2O4/c1-27-19(25)21-15-7-3-5-10(24)12(7)18-13(15)14-16(22(18,21)20(26)28-2)8-4-6-9(23)11(8)17(14)21/h7-18H,3-6H2,1-2H3/t7-,8-,9-,10+,11-,12-,13+,14+,15+,16-,17-,18+,21-,22-/m1/s1. The Labute approximate surface area is 175 Å². The molecule has 0 saturated heterocycles. The van der Waals surface area contributed by atoms with Crippen LogP contribution in [-0.4, -0.2) is 36.9 Å². The highest BCUT2D eigenvalue weighted by Crippen LogP contribution is 2.97. The molecule has 0 heterocycles. The number of hydrogen-bond acceptors (Lipinski definition) is 4. The fourth-order valence-electron chi connectivity index (χ4n) is 11.6. The first-order chi connectivity index (χ1) is 13.5. The molecule has 0 spiro atoms. The fourth-order valence-corrected chi connectivity index (χ4v) is 12.5. The summed E-state index contributed by atoms with van der Waals surface area (Å²) in [6.07, 6.45) is 4.15. The molecular formula is C22H26Cl2O4. The number of carbonyl (C=O) groups excluding carboxylic acids is 2. The largest absolute Gasteiger partial charge is 0.469 e. The van der Waals surface area contributed by atoms with Crippen LogP contribution in [0.2, 0.25) is 0 Å². The van der Waals surface area contributed by atoms with Crippen molar-refractivity contribution in [3.05, 3.63) is 0 Å². The number of halogens is 2. The van der Waals surface area contributed by atoms with Crippen molar-refractivity contribution in [1.82, 2.24) is 0 Å². The minimum Gasteiger partial charge on any atom is -0.469 e. The first kappa shape index (κ1) is 17.2. The molecule has 0 radical (unpaired) electrons. The Bertz CT molecular complexity index is 750. The summed E-state index contributed by atoms with van der Waals surface area (Å²) in [6.45, 7) is 0. The van der Waals surface area contributed by atoms with Crippen molar-refractivity contribution in [3.63, 3.8) is 0 Å². The summed E-state index contributed by atoms with van der Waals surface area (Å²) in [5, 5.41) is 0.246. The van der Waals surface area contributed by atoms with Crippen LogP contribution >= 0.6 is 23.2 Å². The van der Waals surface area contributed by atoms with Gasteiger partial charge in [0.1, 0.15) is 0 Å². The number of hydrogen-bond donors (Lipinski definition) is 0. The average Bonchev–Trinajstić information content (AvgIpc) is 3.49. The molecule has 0 unspecified atom stereocenters. The second-order valence-electron chi connectivity index (χ2n) is 10.6. The van der Waals surface area contributed by atoms with Gasteiger partial charge in [0.05, 0.1) is 25.0 Å². The average molecular weight is 425 g/mol. The van der Waals surface area contributed by atoms with Crippen molar-refractivity contribution in [2.24, 2.45) is 70.0 Å². The molecule has 8 bridgehead atoms. The van der Waals surface area contributed by atoms with Crippen LogP contribution in [-0.2, 0) is 19.1 Å². The van der Waals surface area contributed by atoms with Crippen LogP contribution in [0.4, 0.5) is 0 Å². The highest BCUT2D eigenvalue weighted by Gasteiger charge is 3.01. The summed E-state index contributed by atoms with van der Waals surface area (Å²) in [6, 6.07) is 0. The van der Waals surface area contributed by atoms with Crippen LogP contribution in [0, 0.1) is 70.0 Å². The Morgan fingerprint density at radius 3 is 1.43 bits per heavy atom. The van der Waals surface area contributed by atoms with Gasteiger partial charge in [-0.3, -0.25) is 9.59 Å². The summed E-state index contributed by atoms with van der Waals surface area (Å²) in [4.78, 5) is 27.4. The van der Waals surface area contributed by atoms with E-state index >= 15 is 0 Å². The van der Waals surface area contributed by atoms with E-state index in [1.165, 1.54) is 14.2 Å². The van der Waals surface area contributed by atoms with E-state index in [2.05, 4.69) is 0 Å². The van der Waals surface area contributed by atoms with Crippen LogP contribution in [0.3, 0.4) is 0 Å². The molecule has 0 N–H and O–H groups in total. The molecule has 152 valence electrons. The molecule has 8 aliphatic rings. The van der Waals surface area contributed by atoms with Gasteiger partial charge in [-0.25, -0.2) is 0 Å². The molecule has 4 nitrogen and oxygen atoms in total. The minimum atomic E-state index is -0.722. The maximum atomic E-state index is 13.7. The van der Waals surface area contributed by atoms with Gasteiger partial charge < -0.3 is 9.47 Å². The van der Waals surface area contributed by atoms with E-state index in [0.717, 1.165) is 25.7 Å². The first-order valence-corrected chi connectivity index (χ1v) is 11.8. The smallest absolute Gasteiger partial charge is 0.313 e. The third kappa shape index (κ3) is 1.26. The lowest BCUT2D eigenvalue weighted by Crippen LogP contribution is -2.66. The van der Waals surface area contributed by atoms with E-state index in [1.807, 2.05) is 0 Å². The molecule has 8 saturated carbocycles. The predicted octanol–water partition coefficient (Wildman–Crippen LogP) is 3.34. The van der Waals surface area contributed by atoms with Crippen molar-refractivity contribution < 1.29 is 19.1 Å². The zero-order chi connectivity index (χ0) is 19.3. The van der Waals surface area contributed by atoms with Gasteiger partial charge in [0.2, 0.25) is 0 Å². The lowest BCUT2D eigenvalue weighted by atomic mass is 9.43. The lowest BCUT2D eigenvalue weighted by molar-refractivity contribution is -0.208. The summed E-state index contributed by atoms with van der Waals surface area (Å²) >= 11 is 13.7. The maximum absolute atomic E-state index is 13.7. The van der Waals surface area contributed by atoms with E-state index in [9.17, 15) is 9.59 Å². The molecule has 28 heavy (non-hydrogen) atoms. The van der Waals surface area contributed by atoms with E-state index in [1.54, 1.807) is 0 Å². The minimum absolute atomic E-state index is 0.123. The number of carbonyl (C=O) groups is 2. The van der Waals surface area contributed by atoms with Gasteiger partial charge >= 0.3 is 11.9 Å². The van der Waals surface area contributed by atoms with E-state index in [-0.39, 0.29) is 46.4 Å². The molecule has 14 atom stereocenters. The van der Waals surface area contributed by atoms with Crippen molar-refractivity contribution in [2.75, 3.05) is 14.2 Å². The van der Waals surface area contributed by atoms with Gasteiger partial charge in [0.15, 0.2) is 0 Å². The zero-order valence-electron chi connectivity index (χ0n) is 16.1. The Balaban J connectivity index is 1.53. The zero-order valence-corrected chi connectivity index (χ0v) is 17.7. The number of rotatable bonds is 2. The summed E-state index contributed by atoms with van der Waals surface area (Å²) < 4.78 is 11.0. The Hall–Kier alpha value is -0.480. The molecule has 0 aromatic rings. The SMILES string of the molecule is COC(=O)[C@]12[C@@H]3[C@H]4[C@@H]5[C@@H]([C@@H]6[C@@H](CC[C@H]6Cl)[C@H]51)[C@@]2(C(=O)OC)[C@H]4[C@@H]1CC[C@H](Cl)[C@@H]13. The third-order valence-corrected chi connectivity index (χ3v) is 12.1. The maximum Gasteiger partial charge on any atom is 0.313 e. The van der Waals surface area contributed by atoms with Gasteiger partial charge in [0.25, 0.3) is 0 Å². The number of fused-ring (bicyclic) bond motifs is 2. The molecule has 6 heteroatoms. The van der Waals surface area contributed by atoms with Gasteiger partial charge in [-0.15, -0.1) is 23.2 Å². The molecule has 0 aliphatic heterocycles. The van der Waals surface area contributed by atoms with E-state index in [4.69, 9.17) is 32.7 Å². The summed E-state index contributed by atoms with van der Waals surface area (Å²) in [5.74, 6) is 3.01. The molecule has 8 rings (SSSR count). The van der Waals surface area contributed by atoms with Gasteiger partial charge in [0, 0.05) is 10.8 Å². The van der Waals surface area contributed by atoms with E-state index < -0.39 is 10.8 Å². The Kier molecular flexibility index (Phi) is 3.00. The van der Waals surface area contributed by atoms with Crippen LogP contribution in [0.25, 0.3) is 0 Å². The van der Waals surface area contributed by atoms with E-state index in [0.29, 0.717) is 35.5 Å². The predicted molar refractivity (Wildman–Crippen MR) is 102 cm³/mol. The number of alkyl halides is 2. The highest BCUT2D eigenvalue weighted by molar-refractivity contribution is 6.21. The van der Waals surface area contributed by atoms with Gasteiger partial charge in [-0.2, -0.15) is 0 Å². The molecule has 8 fully saturated rings. The quantitative estimate of drug-likeness (QED) is 0.503. The lowest BCUT2D eigenvalue weighted by Gasteiger charge is -2.58. The van der Waals surface area contributed by atoms with Crippen LogP contribution in [0.1, 0.15) is 25.7 Å². The van der Waals surface area contributed by atoms with Crippen molar-refractivity contribution in [1.29, 1.82) is 0 Å². The second-order valence-corrected chi connectivity index (χ2v) is 11.8. The van der Waals surface area contributed by atoms with Crippen LogP contribution in [0.15, 0.2) is 0 Å². The molecule has 8 aliphatic carbocycles. The Morgan fingerprint density at radius 2 is 1.07 bits per heavy atom. The van der Waals surface area contributed by atoms with Gasteiger partial charge in [-0.05, 0) is 84.9 Å². The van der Waals surface area contributed by atoms with Crippen molar-refractivity contribution >= 4 is 35.1 Å². The fraction of sp³-hybridized carbons (Fsp3) is 0.909. The number of esters is 2. The number of ether oxygens (including phenoxy) is 2. The van der Waals surface area contributed by atoms with Crippen molar-refractivity contribution in [2.45, 2.75) is 36.4 Å². The van der Waals surface area contributed by atoms with Gasteiger partial charge in [-0.1, -0.05) is 0 Å². The number of methoxy groups -OCH3 is 2. The summed E-state index contributed by atoms with van der Waals surface area (Å²) in [5.41, 5.74) is -1.44. The Morgan fingerprint density at radius 1 is 0.679 bits per heavy atom. The topological polar surface area (TPSA) is 52.6 Å². The van der Waals surface area contributed by atoms with Crippen LogP contribution in [0.5, 0.6) is 0 Å². The monoisotopic (exact) mass is 424 g/mol. The third-order valence-electron chi connectivity index (χ3n) is 11.1. The van der Waals surface area contributed by atoms with Crippen molar-refractivity contribution in [3.8, 4) is 0 Å². The highest BCUT2D eigenvalue weighted by atomic mass is 35.5. The first-order valence-electron chi connectivity index (χ1n) is 10.9. The normalized spacial score (nSPS) is 65.9. The second kappa shape index (κ2) is 4.88. The molecule has 0 aromatic heterocycles. The summed E-state index contributed by atoms with van der Waals surface area (Å²) in [7, 11) is 2.99. The molecule has 0 amide bonds. The molecular weight excluding hydrogens is 399 g/mol.